The number of aromatic nitrogens is 2. The zero-order valence-corrected chi connectivity index (χ0v) is 13.6. The quantitative estimate of drug-likeness (QED) is 0.331. The van der Waals surface area contributed by atoms with Gasteiger partial charge in [-0.05, 0) is 23.9 Å². The third-order valence-corrected chi connectivity index (χ3v) is 6.09. The molecule has 3 aromatic rings. The molecule has 0 saturated heterocycles. The average Bonchev–Trinajstić information content (AvgIpc) is 3.07. The lowest BCUT2D eigenvalue weighted by molar-refractivity contribution is 0.0957. The fourth-order valence-corrected chi connectivity index (χ4v) is 5.03. The highest BCUT2D eigenvalue weighted by molar-refractivity contribution is 8.00. The summed E-state index contributed by atoms with van der Waals surface area (Å²) in [5.41, 5.74) is 3.22. The summed E-state index contributed by atoms with van der Waals surface area (Å²) in [6, 6.07) is 7.98. The molecule has 0 atom stereocenters. The van der Waals surface area contributed by atoms with E-state index in [1.807, 2.05) is 31.2 Å². The molecule has 0 aliphatic heterocycles. The van der Waals surface area contributed by atoms with Crippen LogP contribution >= 0.6 is 34.4 Å². The second-order valence-corrected chi connectivity index (χ2v) is 7.71. The largest absolute Gasteiger partial charge is 0.289 e. The molecule has 0 saturated carbocycles. The van der Waals surface area contributed by atoms with Crippen LogP contribution in [-0.2, 0) is 5.75 Å². The van der Waals surface area contributed by atoms with Crippen molar-refractivity contribution >= 4 is 50.4 Å². The van der Waals surface area contributed by atoms with E-state index in [0.29, 0.717) is 10.6 Å². The molecule has 3 rings (SSSR count). The molecule has 0 bridgehead atoms. The number of thioether (sulfide) groups is 1. The predicted octanol–water partition coefficient (Wildman–Crippen LogP) is 2.96. The average molecular weight is 336 g/mol. The topological polar surface area (TPSA) is 80.9 Å². The van der Waals surface area contributed by atoms with E-state index < -0.39 is 0 Å². The first-order valence-corrected chi connectivity index (χ1v) is 8.75. The van der Waals surface area contributed by atoms with Crippen LogP contribution in [-0.4, -0.2) is 16.1 Å². The van der Waals surface area contributed by atoms with Gasteiger partial charge in [0.15, 0.2) is 4.34 Å². The molecule has 3 N–H and O–H groups in total. The number of benzene rings is 1. The van der Waals surface area contributed by atoms with Crippen molar-refractivity contribution in [2.24, 2.45) is 5.84 Å². The third kappa shape index (κ3) is 2.93. The Morgan fingerprint density at radius 1 is 1.33 bits per heavy atom. The summed E-state index contributed by atoms with van der Waals surface area (Å²) in [5, 5.41) is 10.1. The van der Waals surface area contributed by atoms with Crippen LogP contribution in [0.5, 0.6) is 0 Å². The van der Waals surface area contributed by atoms with Crippen molar-refractivity contribution < 1.29 is 4.79 Å². The summed E-state index contributed by atoms with van der Waals surface area (Å²) in [7, 11) is 0. The number of nitrogens with two attached hydrogens (primary N) is 1. The van der Waals surface area contributed by atoms with Crippen molar-refractivity contribution in [3.63, 3.8) is 0 Å². The zero-order chi connectivity index (χ0) is 14.8. The van der Waals surface area contributed by atoms with Gasteiger partial charge in [0.05, 0.1) is 4.88 Å². The van der Waals surface area contributed by atoms with E-state index in [2.05, 4.69) is 15.6 Å². The fourth-order valence-electron chi connectivity index (χ4n) is 1.96. The number of nitrogen functional groups attached to an aromatic ring is 1. The van der Waals surface area contributed by atoms with E-state index in [-0.39, 0.29) is 5.91 Å². The zero-order valence-electron chi connectivity index (χ0n) is 11.1. The van der Waals surface area contributed by atoms with Crippen LogP contribution in [0.1, 0.15) is 20.2 Å². The van der Waals surface area contributed by atoms with Crippen LogP contribution in [0.4, 0.5) is 0 Å². The van der Waals surface area contributed by atoms with Crippen molar-refractivity contribution in [3.8, 4) is 0 Å². The molecule has 2 heterocycles. The molecule has 21 heavy (non-hydrogen) atoms. The SMILES string of the molecule is Cc1nnc(SCc2c(C(=O)NN)sc3ccccc23)s1. The Kier molecular flexibility index (Phi) is 4.20. The molecular weight excluding hydrogens is 324 g/mol. The van der Waals surface area contributed by atoms with E-state index in [9.17, 15) is 4.79 Å². The number of amides is 1. The number of aryl methyl sites for hydroxylation is 1. The Bertz CT molecular complexity index is 796. The molecule has 0 fully saturated rings. The Hall–Kier alpha value is -1.48. The first-order valence-electron chi connectivity index (χ1n) is 6.13. The minimum Gasteiger partial charge on any atom is -0.289 e. The third-order valence-electron chi connectivity index (χ3n) is 2.88. The van der Waals surface area contributed by atoms with Crippen LogP contribution in [0.15, 0.2) is 28.6 Å². The van der Waals surface area contributed by atoms with Crippen LogP contribution in [0.2, 0.25) is 0 Å². The van der Waals surface area contributed by atoms with Crippen LogP contribution < -0.4 is 11.3 Å². The van der Waals surface area contributed by atoms with E-state index in [0.717, 1.165) is 25.0 Å². The maximum atomic E-state index is 12.0. The molecule has 1 amide bonds. The molecule has 5 nitrogen and oxygen atoms in total. The van der Waals surface area contributed by atoms with Crippen molar-refractivity contribution in [2.45, 2.75) is 17.0 Å². The molecule has 108 valence electrons. The number of hydrazine groups is 1. The van der Waals surface area contributed by atoms with Gasteiger partial charge in [0, 0.05) is 10.5 Å². The van der Waals surface area contributed by atoms with Gasteiger partial charge in [-0.3, -0.25) is 10.2 Å². The van der Waals surface area contributed by atoms with Crippen LogP contribution in [0, 0.1) is 6.92 Å². The molecule has 0 aliphatic rings. The van der Waals surface area contributed by atoms with E-state index in [1.165, 1.54) is 11.3 Å². The number of carbonyl (C=O) groups excluding carboxylic acids is 1. The second kappa shape index (κ2) is 6.10. The summed E-state index contributed by atoms with van der Waals surface area (Å²) in [6.45, 7) is 1.93. The van der Waals surface area contributed by atoms with Gasteiger partial charge in [-0.2, -0.15) is 0 Å². The summed E-state index contributed by atoms with van der Waals surface area (Å²) in [4.78, 5) is 12.6. The number of rotatable bonds is 4. The van der Waals surface area contributed by atoms with Gasteiger partial charge >= 0.3 is 0 Å². The predicted molar refractivity (Wildman–Crippen MR) is 87.7 cm³/mol. The van der Waals surface area contributed by atoms with Gasteiger partial charge in [0.25, 0.3) is 5.91 Å². The highest BCUT2D eigenvalue weighted by Gasteiger charge is 2.18. The number of fused-ring (bicyclic) bond motifs is 1. The second-order valence-electron chi connectivity index (χ2n) is 4.26. The summed E-state index contributed by atoms with van der Waals surface area (Å²) in [5.74, 6) is 5.70. The molecule has 0 spiro atoms. The smallest absolute Gasteiger partial charge is 0.275 e. The summed E-state index contributed by atoms with van der Waals surface area (Å²) in [6.07, 6.45) is 0. The number of nitrogens with one attached hydrogen (secondary N) is 1. The van der Waals surface area contributed by atoms with E-state index >= 15 is 0 Å². The molecule has 2 aromatic heterocycles. The lowest BCUT2D eigenvalue weighted by atomic mass is 10.1. The number of nitrogens with zero attached hydrogens (tertiary/aromatic N) is 2. The first-order chi connectivity index (χ1) is 10.2. The Morgan fingerprint density at radius 2 is 2.14 bits per heavy atom. The van der Waals surface area contributed by atoms with Crippen molar-refractivity contribution in [1.82, 2.24) is 15.6 Å². The highest BCUT2D eigenvalue weighted by atomic mass is 32.2. The number of hydrogen-bond donors (Lipinski definition) is 2. The summed E-state index contributed by atoms with van der Waals surface area (Å²) >= 11 is 4.60. The van der Waals surface area contributed by atoms with E-state index in [1.54, 1.807) is 23.1 Å². The maximum absolute atomic E-state index is 12.0. The van der Waals surface area contributed by atoms with Gasteiger partial charge in [-0.1, -0.05) is 41.3 Å². The van der Waals surface area contributed by atoms with Gasteiger partial charge < -0.3 is 0 Å². The van der Waals surface area contributed by atoms with Crippen LogP contribution in [0.3, 0.4) is 0 Å². The molecular formula is C13H12N4OS3. The molecule has 0 unspecified atom stereocenters. The Balaban J connectivity index is 1.96. The molecule has 1 aromatic carbocycles. The Labute approximate surface area is 133 Å². The van der Waals surface area contributed by atoms with Gasteiger partial charge in [0.2, 0.25) is 0 Å². The first kappa shape index (κ1) is 14.5. The van der Waals surface area contributed by atoms with Gasteiger partial charge in [0.1, 0.15) is 5.01 Å². The number of carbonyl (C=O) groups is 1. The minimum atomic E-state index is -0.250. The van der Waals surface area contributed by atoms with E-state index in [4.69, 9.17) is 5.84 Å². The lowest BCUT2D eigenvalue weighted by Crippen LogP contribution is -2.29. The van der Waals surface area contributed by atoms with Crippen molar-refractivity contribution in [3.05, 3.63) is 39.7 Å². The standard InChI is InChI=1S/C13H12N4OS3/c1-7-16-17-13(20-7)19-6-9-8-4-2-3-5-10(8)21-11(9)12(18)15-14/h2-5H,6,14H2,1H3,(H,15,18). The van der Waals surface area contributed by atoms with Crippen molar-refractivity contribution in [1.29, 1.82) is 0 Å². The van der Waals surface area contributed by atoms with Gasteiger partial charge in [-0.25, -0.2) is 5.84 Å². The minimum absolute atomic E-state index is 0.250. The molecule has 0 radical (unpaired) electrons. The maximum Gasteiger partial charge on any atom is 0.275 e. The highest BCUT2D eigenvalue weighted by Crippen LogP contribution is 2.36. The van der Waals surface area contributed by atoms with Gasteiger partial charge in [-0.15, -0.1) is 21.5 Å². The number of thiophene rings is 1. The normalized spacial score (nSPS) is 11.0. The Morgan fingerprint density at radius 3 is 2.86 bits per heavy atom. The molecule has 8 heteroatoms. The van der Waals surface area contributed by atoms with Crippen molar-refractivity contribution in [2.75, 3.05) is 0 Å². The molecule has 0 aliphatic carbocycles. The number of hydrogen-bond acceptors (Lipinski definition) is 7. The lowest BCUT2D eigenvalue weighted by Gasteiger charge is -2.02. The summed E-state index contributed by atoms with van der Waals surface area (Å²) < 4.78 is 1.99. The van der Waals surface area contributed by atoms with Crippen LogP contribution in [0.25, 0.3) is 10.1 Å². The fraction of sp³-hybridized carbons (Fsp3) is 0.154. The monoisotopic (exact) mass is 336 g/mol.